The van der Waals surface area contributed by atoms with Crippen LogP contribution in [0.15, 0.2) is 59.4 Å². The van der Waals surface area contributed by atoms with Gasteiger partial charge in [0.15, 0.2) is 5.43 Å². The van der Waals surface area contributed by atoms with E-state index in [-0.39, 0.29) is 17.2 Å². The molecule has 0 unspecified atom stereocenters. The van der Waals surface area contributed by atoms with E-state index in [1.54, 1.807) is 18.2 Å². The number of H-pyrrole nitrogens is 1. The van der Waals surface area contributed by atoms with Gasteiger partial charge in [-0.15, -0.1) is 0 Å². The van der Waals surface area contributed by atoms with Gasteiger partial charge in [0, 0.05) is 34.6 Å². The van der Waals surface area contributed by atoms with Crippen LogP contribution >= 0.6 is 0 Å². The third kappa shape index (κ3) is 7.71. The zero-order valence-corrected chi connectivity index (χ0v) is 28.7. The fourth-order valence-electron chi connectivity index (χ4n) is 6.50. The lowest BCUT2D eigenvalue weighted by atomic mass is 10.1. The highest BCUT2D eigenvalue weighted by atomic mass is 16.2. The third-order valence-electron chi connectivity index (χ3n) is 9.34. The number of hydrogen-bond acceptors (Lipinski definition) is 6. The summed E-state index contributed by atoms with van der Waals surface area (Å²) in [5.74, 6) is -0.443. The summed E-state index contributed by atoms with van der Waals surface area (Å²) in [7, 11) is 0. The molecule has 0 atom stereocenters. The molecule has 0 bridgehead atoms. The number of amides is 2. The molecule has 6 rings (SSSR count). The summed E-state index contributed by atoms with van der Waals surface area (Å²) in [5.41, 5.74) is 3.09. The molecule has 0 spiro atoms. The first kappa shape index (κ1) is 34.0. The highest BCUT2D eigenvalue weighted by Crippen LogP contribution is 2.28. The zero-order valence-electron chi connectivity index (χ0n) is 28.7. The van der Waals surface area contributed by atoms with Crippen molar-refractivity contribution in [3.8, 4) is 0 Å². The lowest BCUT2D eigenvalue weighted by Crippen LogP contribution is -2.25. The summed E-state index contributed by atoms with van der Waals surface area (Å²) in [6.07, 6.45) is 13.8. The van der Waals surface area contributed by atoms with Crippen molar-refractivity contribution < 1.29 is 9.59 Å². The van der Waals surface area contributed by atoms with Gasteiger partial charge in [0.05, 0.1) is 27.5 Å². The maximum Gasteiger partial charge on any atom is 0.269 e. The standard InChI is InChI=1S/C40H46N6O3/c1-3-5-7-9-11-13-23-41-39(48)31-21-18-26-15-16-28-25-30-37(47)29-20-17-27-19-22-32(40(49)42-24-14-12-10-8-6-4-2)44-34(27)36(29)46-38(30)45-35(28)33(26)43-31/h15-22,25H,3-14,23-24H2,1-2H3,(H,41,48)(H,42,49)(H,45,46,47). The SMILES string of the molecule is CCCCCCCCNC(=O)c1ccc2ccc3cc4c(=O)c5ccc6ccc(C(=O)NCCCCCCCC)nc6c5[nH]c4nc3c2n1. The molecule has 6 aromatic rings. The molecular formula is C40H46N6O3. The van der Waals surface area contributed by atoms with Crippen molar-refractivity contribution in [3.63, 3.8) is 0 Å². The average Bonchev–Trinajstić information content (AvgIpc) is 3.12. The molecule has 0 saturated carbocycles. The Morgan fingerprint density at radius 1 is 0.571 bits per heavy atom. The molecule has 0 fully saturated rings. The summed E-state index contributed by atoms with van der Waals surface area (Å²) in [5, 5.41) is 9.33. The van der Waals surface area contributed by atoms with E-state index in [4.69, 9.17) is 15.0 Å². The van der Waals surface area contributed by atoms with Gasteiger partial charge in [0.1, 0.15) is 17.0 Å². The number of aromatic amines is 1. The summed E-state index contributed by atoms with van der Waals surface area (Å²) in [6.45, 7) is 5.62. The summed E-state index contributed by atoms with van der Waals surface area (Å²) < 4.78 is 0. The maximum absolute atomic E-state index is 13.8. The van der Waals surface area contributed by atoms with E-state index in [1.807, 2.05) is 36.4 Å². The van der Waals surface area contributed by atoms with Gasteiger partial charge in [0.2, 0.25) is 0 Å². The Kier molecular flexibility index (Phi) is 11.1. The number of fused-ring (bicyclic) bond motifs is 7. The summed E-state index contributed by atoms with van der Waals surface area (Å²) in [4.78, 5) is 57.6. The topological polar surface area (TPSA) is 130 Å². The molecule has 0 radical (unpaired) electrons. The second-order valence-electron chi connectivity index (χ2n) is 13.0. The van der Waals surface area contributed by atoms with E-state index >= 15 is 0 Å². The molecule has 9 heteroatoms. The number of unbranched alkanes of at least 4 members (excludes halogenated alkanes) is 10. The van der Waals surface area contributed by atoms with Crippen LogP contribution in [-0.2, 0) is 0 Å². The Balaban J connectivity index is 1.29. The first-order valence-corrected chi connectivity index (χ1v) is 18.0. The second-order valence-corrected chi connectivity index (χ2v) is 13.0. The van der Waals surface area contributed by atoms with Gasteiger partial charge in [-0.05, 0) is 37.1 Å². The van der Waals surface area contributed by atoms with Gasteiger partial charge >= 0.3 is 0 Å². The second kappa shape index (κ2) is 16.0. The Hall–Kier alpha value is -4.92. The van der Waals surface area contributed by atoms with E-state index in [1.165, 1.54) is 51.4 Å². The molecular weight excluding hydrogens is 612 g/mol. The number of benzene rings is 2. The van der Waals surface area contributed by atoms with Crippen LogP contribution in [0.3, 0.4) is 0 Å². The van der Waals surface area contributed by atoms with Crippen molar-refractivity contribution in [2.24, 2.45) is 0 Å². The average molecular weight is 659 g/mol. The smallest absolute Gasteiger partial charge is 0.269 e. The first-order chi connectivity index (χ1) is 24.0. The quantitative estimate of drug-likeness (QED) is 0.0543. The minimum absolute atomic E-state index is 0.171. The molecule has 0 aliphatic heterocycles. The van der Waals surface area contributed by atoms with E-state index in [0.29, 0.717) is 63.0 Å². The van der Waals surface area contributed by atoms with Crippen LogP contribution in [0.2, 0.25) is 0 Å². The van der Waals surface area contributed by atoms with Gasteiger partial charge in [-0.3, -0.25) is 14.4 Å². The van der Waals surface area contributed by atoms with Gasteiger partial charge in [0.25, 0.3) is 11.8 Å². The molecule has 4 aromatic heterocycles. The van der Waals surface area contributed by atoms with Crippen LogP contribution < -0.4 is 16.1 Å². The number of nitrogens with zero attached hydrogens (tertiary/aromatic N) is 3. The zero-order chi connectivity index (χ0) is 34.2. The number of pyridine rings is 4. The molecule has 0 aliphatic carbocycles. The lowest BCUT2D eigenvalue weighted by molar-refractivity contribution is 0.0940. The molecule has 3 N–H and O–H groups in total. The minimum Gasteiger partial charge on any atom is -0.351 e. The van der Waals surface area contributed by atoms with Crippen molar-refractivity contribution >= 4 is 66.5 Å². The van der Waals surface area contributed by atoms with Gasteiger partial charge in [-0.25, -0.2) is 15.0 Å². The molecule has 4 heterocycles. The molecule has 0 aliphatic rings. The number of carbonyl (C=O) groups is 2. The highest BCUT2D eigenvalue weighted by molar-refractivity contribution is 6.11. The Morgan fingerprint density at radius 2 is 1.06 bits per heavy atom. The monoisotopic (exact) mass is 658 g/mol. The van der Waals surface area contributed by atoms with Crippen LogP contribution in [0, 0.1) is 0 Å². The molecule has 49 heavy (non-hydrogen) atoms. The fourth-order valence-corrected chi connectivity index (χ4v) is 6.50. The van der Waals surface area contributed by atoms with E-state index in [2.05, 4.69) is 29.5 Å². The van der Waals surface area contributed by atoms with Crippen molar-refractivity contribution in [1.82, 2.24) is 30.6 Å². The Labute approximate surface area is 286 Å². The summed E-state index contributed by atoms with van der Waals surface area (Å²) >= 11 is 0. The number of nitrogens with one attached hydrogen (secondary N) is 3. The molecule has 0 saturated heterocycles. The van der Waals surface area contributed by atoms with E-state index in [9.17, 15) is 14.4 Å². The van der Waals surface area contributed by atoms with E-state index < -0.39 is 0 Å². The number of hydrogen-bond donors (Lipinski definition) is 3. The molecule has 254 valence electrons. The predicted molar refractivity (Wildman–Crippen MR) is 199 cm³/mol. The minimum atomic E-state index is -0.232. The molecule has 2 aromatic carbocycles. The van der Waals surface area contributed by atoms with Crippen LogP contribution in [0.25, 0.3) is 54.6 Å². The van der Waals surface area contributed by atoms with E-state index in [0.717, 1.165) is 41.8 Å². The van der Waals surface area contributed by atoms with Crippen LogP contribution in [0.5, 0.6) is 0 Å². The van der Waals surface area contributed by atoms with Crippen LogP contribution in [0.4, 0.5) is 0 Å². The highest BCUT2D eigenvalue weighted by Gasteiger charge is 2.16. The Bertz CT molecular complexity index is 2190. The number of aromatic nitrogens is 4. The fraction of sp³-hybridized carbons (Fsp3) is 0.400. The summed E-state index contributed by atoms with van der Waals surface area (Å²) in [6, 6.07) is 16.5. The normalized spacial score (nSPS) is 11.6. The lowest BCUT2D eigenvalue weighted by Gasteiger charge is -2.10. The predicted octanol–water partition coefficient (Wildman–Crippen LogP) is 8.51. The number of carbonyl (C=O) groups excluding carboxylic acids is 2. The maximum atomic E-state index is 13.8. The van der Waals surface area contributed by atoms with Gasteiger partial charge in [-0.1, -0.05) is 108 Å². The molecule has 2 amide bonds. The molecule has 9 nitrogen and oxygen atoms in total. The largest absolute Gasteiger partial charge is 0.351 e. The van der Waals surface area contributed by atoms with Gasteiger partial charge in [-0.2, -0.15) is 0 Å². The van der Waals surface area contributed by atoms with Crippen molar-refractivity contribution in [2.45, 2.75) is 90.9 Å². The first-order valence-electron chi connectivity index (χ1n) is 18.0. The van der Waals surface area contributed by atoms with Crippen molar-refractivity contribution in [1.29, 1.82) is 0 Å². The van der Waals surface area contributed by atoms with Crippen molar-refractivity contribution in [2.75, 3.05) is 13.1 Å². The number of rotatable bonds is 16. The third-order valence-corrected chi connectivity index (χ3v) is 9.34. The van der Waals surface area contributed by atoms with Crippen LogP contribution in [-0.4, -0.2) is 44.8 Å². The van der Waals surface area contributed by atoms with Crippen LogP contribution in [0.1, 0.15) is 112 Å². The Morgan fingerprint density at radius 3 is 1.69 bits per heavy atom. The van der Waals surface area contributed by atoms with Gasteiger partial charge < -0.3 is 15.6 Å². The van der Waals surface area contributed by atoms with Crippen molar-refractivity contribution in [3.05, 3.63) is 76.2 Å².